The molecule has 3 rings (SSSR count). The van der Waals surface area contributed by atoms with Crippen molar-refractivity contribution in [3.8, 4) is 5.75 Å². The molecular formula is C20H22FN3O2. The van der Waals surface area contributed by atoms with Crippen molar-refractivity contribution in [2.75, 3.05) is 14.2 Å². The zero-order valence-corrected chi connectivity index (χ0v) is 15.0. The lowest BCUT2D eigenvalue weighted by Crippen LogP contribution is -2.26. The summed E-state index contributed by atoms with van der Waals surface area (Å²) in [6, 6.07) is 12.6. The van der Waals surface area contributed by atoms with Crippen molar-refractivity contribution in [1.82, 2.24) is 14.9 Å². The maximum absolute atomic E-state index is 13.7. The van der Waals surface area contributed by atoms with Gasteiger partial charge in [0.1, 0.15) is 5.82 Å². The highest BCUT2D eigenvalue weighted by atomic mass is 19.1. The molecule has 0 aliphatic heterocycles. The zero-order chi connectivity index (χ0) is 18.5. The van der Waals surface area contributed by atoms with Gasteiger partial charge in [0, 0.05) is 26.4 Å². The van der Waals surface area contributed by atoms with E-state index >= 15 is 0 Å². The van der Waals surface area contributed by atoms with E-state index in [0.717, 1.165) is 22.4 Å². The molecule has 0 radical (unpaired) electrons. The highest BCUT2D eigenvalue weighted by Crippen LogP contribution is 2.19. The van der Waals surface area contributed by atoms with Crippen LogP contribution in [-0.4, -0.2) is 34.9 Å². The zero-order valence-electron chi connectivity index (χ0n) is 15.0. The molecule has 0 aliphatic carbocycles. The van der Waals surface area contributed by atoms with Crippen LogP contribution in [0.2, 0.25) is 0 Å². The number of carbonyl (C=O) groups excluding carboxylic acids is 1. The van der Waals surface area contributed by atoms with Gasteiger partial charge in [0.2, 0.25) is 5.91 Å². The number of imidazole rings is 1. The standard InChI is InChI=1S/C20H22FN3O2/c1-24(13-14-10-11-18(26-2)15(21)12-14)20(25)9-5-8-19-22-16-6-3-4-7-17(16)23-19/h3-4,6-7,10-12H,5,8-9,13H2,1-2H3,(H,22,23). The number of methoxy groups -OCH3 is 1. The van der Waals surface area contributed by atoms with E-state index in [1.807, 2.05) is 24.3 Å². The molecule has 2 aromatic carbocycles. The summed E-state index contributed by atoms with van der Waals surface area (Å²) in [5, 5.41) is 0. The van der Waals surface area contributed by atoms with E-state index in [1.165, 1.54) is 13.2 Å². The van der Waals surface area contributed by atoms with E-state index in [1.54, 1.807) is 24.1 Å². The number of fused-ring (bicyclic) bond motifs is 1. The predicted molar refractivity (Wildman–Crippen MR) is 98.5 cm³/mol. The van der Waals surface area contributed by atoms with Gasteiger partial charge in [0.05, 0.1) is 18.1 Å². The molecule has 0 spiro atoms. The van der Waals surface area contributed by atoms with Crippen molar-refractivity contribution in [1.29, 1.82) is 0 Å². The van der Waals surface area contributed by atoms with Crippen LogP contribution in [0.3, 0.4) is 0 Å². The monoisotopic (exact) mass is 355 g/mol. The molecular weight excluding hydrogens is 333 g/mol. The molecule has 0 atom stereocenters. The summed E-state index contributed by atoms with van der Waals surface area (Å²) >= 11 is 0. The minimum Gasteiger partial charge on any atom is -0.494 e. The smallest absolute Gasteiger partial charge is 0.222 e. The molecule has 0 bridgehead atoms. The number of para-hydroxylation sites is 2. The Morgan fingerprint density at radius 2 is 2.08 bits per heavy atom. The third-order valence-electron chi connectivity index (χ3n) is 4.30. The molecule has 1 aromatic heterocycles. The topological polar surface area (TPSA) is 58.2 Å². The normalized spacial score (nSPS) is 10.9. The van der Waals surface area contributed by atoms with E-state index in [-0.39, 0.29) is 11.7 Å². The molecule has 3 aromatic rings. The van der Waals surface area contributed by atoms with Crippen molar-refractivity contribution < 1.29 is 13.9 Å². The number of hydrogen-bond acceptors (Lipinski definition) is 3. The maximum atomic E-state index is 13.7. The van der Waals surface area contributed by atoms with E-state index in [9.17, 15) is 9.18 Å². The Bertz CT molecular complexity index is 874. The van der Waals surface area contributed by atoms with Crippen molar-refractivity contribution in [2.45, 2.75) is 25.8 Å². The first-order chi connectivity index (χ1) is 12.6. The number of ether oxygens (including phenoxy) is 1. The lowest BCUT2D eigenvalue weighted by atomic mass is 10.1. The summed E-state index contributed by atoms with van der Waals surface area (Å²) < 4.78 is 18.6. The average molecular weight is 355 g/mol. The summed E-state index contributed by atoms with van der Waals surface area (Å²) in [5.41, 5.74) is 2.68. The lowest BCUT2D eigenvalue weighted by Gasteiger charge is -2.17. The van der Waals surface area contributed by atoms with Crippen LogP contribution in [0.1, 0.15) is 24.2 Å². The molecule has 6 heteroatoms. The molecule has 0 saturated carbocycles. The van der Waals surface area contributed by atoms with E-state index in [0.29, 0.717) is 25.8 Å². The van der Waals surface area contributed by atoms with Crippen molar-refractivity contribution >= 4 is 16.9 Å². The number of carbonyl (C=O) groups is 1. The Balaban J connectivity index is 1.50. The lowest BCUT2D eigenvalue weighted by molar-refractivity contribution is -0.130. The Hall–Kier alpha value is -2.89. The number of rotatable bonds is 7. The second-order valence-corrected chi connectivity index (χ2v) is 6.27. The predicted octanol–water partition coefficient (Wildman–Crippen LogP) is 3.69. The molecule has 26 heavy (non-hydrogen) atoms. The van der Waals surface area contributed by atoms with Crippen LogP contribution in [0.5, 0.6) is 5.75 Å². The molecule has 0 unspecified atom stereocenters. The number of benzene rings is 2. The number of halogens is 1. The van der Waals surface area contributed by atoms with Crippen LogP contribution in [-0.2, 0) is 17.8 Å². The van der Waals surface area contributed by atoms with E-state index in [2.05, 4.69) is 9.97 Å². The molecule has 136 valence electrons. The van der Waals surface area contributed by atoms with Crippen LogP contribution in [0.25, 0.3) is 11.0 Å². The first kappa shape index (κ1) is 17.9. The highest BCUT2D eigenvalue weighted by Gasteiger charge is 2.12. The van der Waals surface area contributed by atoms with Crippen LogP contribution in [0.4, 0.5) is 4.39 Å². The molecule has 1 N–H and O–H groups in total. The van der Waals surface area contributed by atoms with Gasteiger partial charge < -0.3 is 14.6 Å². The van der Waals surface area contributed by atoms with Gasteiger partial charge in [0.25, 0.3) is 0 Å². The van der Waals surface area contributed by atoms with Crippen LogP contribution < -0.4 is 4.74 Å². The van der Waals surface area contributed by atoms with Crippen LogP contribution >= 0.6 is 0 Å². The van der Waals surface area contributed by atoms with Gasteiger partial charge in [-0.3, -0.25) is 4.79 Å². The first-order valence-electron chi connectivity index (χ1n) is 8.57. The minimum atomic E-state index is -0.421. The van der Waals surface area contributed by atoms with Gasteiger partial charge in [-0.25, -0.2) is 9.37 Å². The van der Waals surface area contributed by atoms with Crippen LogP contribution in [0.15, 0.2) is 42.5 Å². The van der Waals surface area contributed by atoms with Crippen molar-refractivity contribution in [3.63, 3.8) is 0 Å². The Morgan fingerprint density at radius 3 is 2.81 bits per heavy atom. The van der Waals surface area contributed by atoms with Gasteiger partial charge in [-0.1, -0.05) is 18.2 Å². The van der Waals surface area contributed by atoms with Gasteiger partial charge in [-0.2, -0.15) is 0 Å². The molecule has 1 amide bonds. The van der Waals surface area contributed by atoms with E-state index in [4.69, 9.17) is 4.74 Å². The Labute approximate surface area is 151 Å². The summed E-state index contributed by atoms with van der Waals surface area (Å²) in [6.07, 6.45) is 1.84. The third kappa shape index (κ3) is 4.20. The summed E-state index contributed by atoms with van der Waals surface area (Å²) in [4.78, 5) is 21.7. The highest BCUT2D eigenvalue weighted by molar-refractivity contribution is 5.76. The fourth-order valence-corrected chi connectivity index (χ4v) is 2.89. The van der Waals surface area contributed by atoms with Gasteiger partial charge in [-0.15, -0.1) is 0 Å². The van der Waals surface area contributed by atoms with Crippen LogP contribution in [0, 0.1) is 5.82 Å². The number of amides is 1. The number of hydrogen-bond donors (Lipinski definition) is 1. The fourth-order valence-electron chi connectivity index (χ4n) is 2.89. The number of H-pyrrole nitrogens is 1. The fraction of sp³-hybridized carbons (Fsp3) is 0.300. The second-order valence-electron chi connectivity index (χ2n) is 6.27. The third-order valence-corrected chi connectivity index (χ3v) is 4.30. The second kappa shape index (κ2) is 7.99. The van der Waals surface area contributed by atoms with Crippen molar-refractivity contribution in [3.05, 3.63) is 59.7 Å². The van der Waals surface area contributed by atoms with E-state index < -0.39 is 5.82 Å². The molecule has 0 saturated heterocycles. The summed E-state index contributed by atoms with van der Waals surface area (Å²) in [5.74, 6) is 0.695. The van der Waals surface area contributed by atoms with Crippen molar-refractivity contribution in [2.24, 2.45) is 0 Å². The SMILES string of the molecule is COc1ccc(CN(C)C(=O)CCCc2nc3ccccc3[nH]2)cc1F. The summed E-state index contributed by atoms with van der Waals surface area (Å²) in [6.45, 7) is 0.365. The molecule has 1 heterocycles. The van der Waals surface area contributed by atoms with Gasteiger partial charge >= 0.3 is 0 Å². The summed E-state index contributed by atoms with van der Waals surface area (Å²) in [7, 11) is 3.15. The molecule has 5 nitrogen and oxygen atoms in total. The first-order valence-corrected chi connectivity index (χ1v) is 8.57. The van der Waals surface area contributed by atoms with Gasteiger partial charge in [-0.05, 0) is 36.2 Å². The number of aromatic amines is 1. The number of aryl methyl sites for hydroxylation is 1. The maximum Gasteiger partial charge on any atom is 0.222 e. The number of nitrogens with one attached hydrogen (secondary N) is 1. The Kier molecular flexibility index (Phi) is 5.51. The average Bonchev–Trinajstić information content (AvgIpc) is 3.04. The molecule has 0 fully saturated rings. The Morgan fingerprint density at radius 1 is 1.27 bits per heavy atom. The minimum absolute atomic E-state index is 0.0253. The number of nitrogens with zero attached hydrogens (tertiary/aromatic N) is 2. The van der Waals surface area contributed by atoms with Gasteiger partial charge in [0.15, 0.2) is 11.6 Å². The molecule has 0 aliphatic rings. The quantitative estimate of drug-likeness (QED) is 0.703. The largest absolute Gasteiger partial charge is 0.494 e. The number of aromatic nitrogens is 2.